The summed E-state index contributed by atoms with van der Waals surface area (Å²) in [7, 11) is 1.79. The summed E-state index contributed by atoms with van der Waals surface area (Å²) in [5.74, 6) is 0.684. The van der Waals surface area contributed by atoms with Crippen molar-refractivity contribution in [1.29, 1.82) is 0 Å². The van der Waals surface area contributed by atoms with Crippen molar-refractivity contribution in [2.75, 3.05) is 7.05 Å². The molecule has 0 saturated carbocycles. The van der Waals surface area contributed by atoms with Crippen LogP contribution in [0.5, 0.6) is 0 Å². The fraction of sp³-hybridized carbons (Fsp3) is 0.238. The molecule has 0 bridgehead atoms. The topological polar surface area (TPSA) is 46.3 Å². The highest BCUT2D eigenvalue weighted by Gasteiger charge is 2.18. The minimum atomic E-state index is 0.00682. The molecule has 0 atom stereocenters. The smallest absolute Gasteiger partial charge is 0.254 e. The summed E-state index contributed by atoms with van der Waals surface area (Å²) in [4.78, 5) is 14.4. The second kappa shape index (κ2) is 6.55. The zero-order chi connectivity index (χ0) is 17.2. The largest absolute Gasteiger partial charge is 0.359 e. The van der Waals surface area contributed by atoms with Crippen molar-refractivity contribution in [1.82, 2.24) is 10.1 Å². The molecule has 0 N–H and O–H groups in total. The SMILES string of the molecule is CN(Cc1cc(-c2ccccc2)no1)C(=O)c1ccc2c(c1)CCC2. The van der Waals surface area contributed by atoms with Gasteiger partial charge in [-0.25, -0.2) is 0 Å². The highest BCUT2D eigenvalue weighted by Crippen LogP contribution is 2.24. The van der Waals surface area contributed by atoms with Gasteiger partial charge in [0.25, 0.3) is 5.91 Å². The van der Waals surface area contributed by atoms with Crippen LogP contribution in [0.3, 0.4) is 0 Å². The summed E-state index contributed by atoms with van der Waals surface area (Å²) in [6.45, 7) is 0.399. The Morgan fingerprint density at radius 3 is 2.72 bits per heavy atom. The number of amides is 1. The molecule has 4 rings (SSSR count). The molecule has 0 fully saturated rings. The molecule has 0 radical (unpaired) electrons. The van der Waals surface area contributed by atoms with Crippen LogP contribution in [0.25, 0.3) is 11.3 Å². The Balaban J connectivity index is 1.47. The van der Waals surface area contributed by atoms with Crippen LogP contribution in [0.1, 0.15) is 33.7 Å². The van der Waals surface area contributed by atoms with Crippen molar-refractivity contribution in [2.45, 2.75) is 25.8 Å². The van der Waals surface area contributed by atoms with E-state index in [9.17, 15) is 4.79 Å². The van der Waals surface area contributed by atoms with Gasteiger partial charge in [0.05, 0.1) is 6.54 Å². The first-order valence-corrected chi connectivity index (χ1v) is 8.59. The van der Waals surface area contributed by atoms with Crippen molar-refractivity contribution in [3.05, 3.63) is 77.0 Å². The van der Waals surface area contributed by atoms with E-state index < -0.39 is 0 Å². The van der Waals surface area contributed by atoms with E-state index >= 15 is 0 Å². The summed E-state index contributed by atoms with van der Waals surface area (Å²) in [5, 5.41) is 4.11. The summed E-state index contributed by atoms with van der Waals surface area (Å²) in [6, 6.07) is 17.8. The van der Waals surface area contributed by atoms with E-state index in [2.05, 4.69) is 11.2 Å². The van der Waals surface area contributed by atoms with Gasteiger partial charge < -0.3 is 9.42 Å². The van der Waals surface area contributed by atoms with Crippen molar-refractivity contribution < 1.29 is 9.32 Å². The Kier molecular flexibility index (Phi) is 4.10. The molecule has 1 aliphatic carbocycles. The monoisotopic (exact) mass is 332 g/mol. The Morgan fingerprint density at radius 1 is 1.08 bits per heavy atom. The molecule has 4 heteroatoms. The molecule has 1 heterocycles. The van der Waals surface area contributed by atoms with Crippen LogP contribution in [-0.4, -0.2) is 23.0 Å². The first-order valence-electron chi connectivity index (χ1n) is 8.59. The van der Waals surface area contributed by atoms with E-state index in [0.29, 0.717) is 12.3 Å². The summed E-state index contributed by atoms with van der Waals surface area (Å²) in [5.41, 5.74) is 5.22. The highest BCUT2D eigenvalue weighted by atomic mass is 16.5. The van der Waals surface area contributed by atoms with E-state index in [1.807, 2.05) is 48.5 Å². The van der Waals surface area contributed by atoms with Gasteiger partial charge in [-0.15, -0.1) is 0 Å². The predicted octanol–water partition coefficient (Wildman–Crippen LogP) is 4.10. The zero-order valence-corrected chi connectivity index (χ0v) is 14.2. The number of aromatic nitrogens is 1. The maximum Gasteiger partial charge on any atom is 0.254 e. The Labute approximate surface area is 147 Å². The third kappa shape index (κ3) is 3.20. The fourth-order valence-corrected chi connectivity index (χ4v) is 3.36. The lowest BCUT2D eigenvalue weighted by Crippen LogP contribution is -2.26. The number of hydrogen-bond acceptors (Lipinski definition) is 3. The number of benzene rings is 2. The molecule has 3 aromatic rings. The van der Waals surface area contributed by atoms with Crippen LogP contribution in [-0.2, 0) is 19.4 Å². The predicted molar refractivity (Wildman–Crippen MR) is 96.2 cm³/mol. The number of nitrogens with zero attached hydrogens (tertiary/aromatic N) is 2. The Bertz CT molecular complexity index is 899. The normalized spacial score (nSPS) is 12.8. The molecule has 0 saturated heterocycles. The van der Waals surface area contributed by atoms with Crippen molar-refractivity contribution in [2.24, 2.45) is 0 Å². The number of hydrogen-bond donors (Lipinski definition) is 0. The van der Waals surface area contributed by atoms with Crippen LogP contribution in [0.4, 0.5) is 0 Å². The second-order valence-corrected chi connectivity index (χ2v) is 6.54. The molecule has 2 aromatic carbocycles. The highest BCUT2D eigenvalue weighted by molar-refractivity contribution is 5.94. The van der Waals surface area contributed by atoms with Gasteiger partial charge in [-0.3, -0.25) is 4.79 Å². The number of carbonyl (C=O) groups excluding carboxylic acids is 1. The standard InChI is InChI=1S/C21H20N2O2/c1-23(21(24)18-11-10-15-8-5-9-17(15)12-18)14-19-13-20(22-25-19)16-6-3-2-4-7-16/h2-4,6-7,10-13H,5,8-9,14H2,1H3. The zero-order valence-electron chi connectivity index (χ0n) is 14.2. The number of aryl methyl sites for hydroxylation is 2. The van der Waals surface area contributed by atoms with Gasteiger partial charge in [-0.1, -0.05) is 41.6 Å². The van der Waals surface area contributed by atoms with E-state index in [-0.39, 0.29) is 5.91 Å². The molecule has 0 spiro atoms. The molecule has 25 heavy (non-hydrogen) atoms. The Hall–Kier alpha value is -2.88. The third-order valence-corrected chi connectivity index (χ3v) is 4.71. The maximum absolute atomic E-state index is 12.7. The van der Waals surface area contributed by atoms with Gasteiger partial charge in [0, 0.05) is 24.2 Å². The third-order valence-electron chi connectivity index (χ3n) is 4.71. The van der Waals surface area contributed by atoms with Crippen molar-refractivity contribution in [3.8, 4) is 11.3 Å². The van der Waals surface area contributed by atoms with Crippen LogP contribution in [0.2, 0.25) is 0 Å². The van der Waals surface area contributed by atoms with E-state index in [0.717, 1.165) is 29.7 Å². The molecular formula is C21H20N2O2. The number of fused-ring (bicyclic) bond motifs is 1. The van der Waals surface area contributed by atoms with Gasteiger partial charge >= 0.3 is 0 Å². The Morgan fingerprint density at radius 2 is 1.88 bits per heavy atom. The van der Waals surface area contributed by atoms with E-state index in [1.165, 1.54) is 17.5 Å². The molecule has 1 aromatic heterocycles. The van der Waals surface area contributed by atoms with Crippen LogP contribution in [0.15, 0.2) is 59.1 Å². The van der Waals surface area contributed by atoms with Gasteiger partial charge in [0.15, 0.2) is 5.76 Å². The lowest BCUT2D eigenvalue weighted by atomic mass is 10.1. The van der Waals surface area contributed by atoms with Crippen LogP contribution >= 0.6 is 0 Å². The van der Waals surface area contributed by atoms with E-state index in [4.69, 9.17) is 4.52 Å². The van der Waals surface area contributed by atoms with Gasteiger partial charge in [-0.05, 0) is 42.5 Å². The molecule has 0 unspecified atom stereocenters. The first kappa shape index (κ1) is 15.6. The van der Waals surface area contributed by atoms with E-state index in [1.54, 1.807) is 11.9 Å². The molecular weight excluding hydrogens is 312 g/mol. The number of rotatable bonds is 4. The number of carbonyl (C=O) groups is 1. The average molecular weight is 332 g/mol. The summed E-state index contributed by atoms with van der Waals surface area (Å²) < 4.78 is 5.41. The maximum atomic E-state index is 12.7. The fourth-order valence-electron chi connectivity index (χ4n) is 3.36. The lowest BCUT2D eigenvalue weighted by Gasteiger charge is -2.16. The lowest BCUT2D eigenvalue weighted by molar-refractivity contribution is 0.0772. The molecule has 126 valence electrons. The average Bonchev–Trinajstić information content (AvgIpc) is 3.30. The van der Waals surface area contributed by atoms with Gasteiger partial charge in [0.1, 0.15) is 5.69 Å². The van der Waals surface area contributed by atoms with Crippen LogP contribution in [0, 0.1) is 0 Å². The minimum absolute atomic E-state index is 0.00682. The minimum Gasteiger partial charge on any atom is -0.359 e. The molecule has 0 aliphatic heterocycles. The molecule has 1 aliphatic rings. The summed E-state index contributed by atoms with van der Waals surface area (Å²) in [6.07, 6.45) is 3.38. The van der Waals surface area contributed by atoms with Gasteiger partial charge in [0.2, 0.25) is 0 Å². The first-order chi connectivity index (χ1) is 12.2. The molecule has 4 nitrogen and oxygen atoms in total. The quantitative estimate of drug-likeness (QED) is 0.722. The van der Waals surface area contributed by atoms with Gasteiger partial charge in [-0.2, -0.15) is 0 Å². The molecule has 1 amide bonds. The second-order valence-electron chi connectivity index (χ2n) is 6.54. The van der Waals surface area contributed by atoms with Crippen molar-refractivity contribution in [3.63, 3.8) is 0 Å². The van der Waals surface area contributed by atoms with Crippen molar-refractivity contribution >= 4 is 5.91 Å². The van der Waals surface area contributed by atoms with Crippen LogP contribution < -0.4 is 0 Å². The summed E-state index contributed by atoms with van der Waals surface area (Å²) >= 11 is 0.